The van der Waals surface area contributed by atoms with E-state index in [0.29, 0.717) is 17.2 Å². The minimum absolute atomic E-state index is 0.0806. The van der Waals surface area contributed by atoms with Gasteiger partial charge in [0.25, 0.3) is 5.91 Å². The Morgan fingerprint density at radius 2 is 1.96 bits per heavy atom. The molecule has 0 bridgehead atoms. The Morgan fingerprint density at radius 3 is 2.52 bits per heavy atom. The maximum absolute atomic E-state index is 12.3. The molecule has 0 saturated heterocycles. The average Bonchev–Trinajstić information content (AvgIpc) is 3.09. The lowest BCUT2D eigenvalue weighted by molar-refractivity contribution is -0.143. The van der Waals surface area contributed by atoms with Crippen molar-refractivity contribution < 1.29 is 19.1 Å². The van der Waals surface area contributed by atoms with Crippen LogP contribution in [0.15, 0.2) is 41.8 Å². The maximum atomic E-state index is 12.3. The molecule has 0 fully saturated rings. The molecule has 1 aromatic carbocycles. The summed E-state index contributed by atoms with van der Waals surface area (Å²) < 4.78 is 10.1. The van der Waals surface area contributed by atoms with E-state index in [4.69, 9.17) is 9.47 Å². The van der Waals surface area contributed by atoms with E-state index in [0.717, 1.165) is 5.56 Å². The SMILES string of the molecule is CCOC(=O)C[C@H](NC(=O)c1cccs1)c1ccc(OC)cc1. The number of benzene rings is 1. The first-order valence-corrected chi connectivity index (χ1v) is 8.16. The average molecular weight is 333 g/mol. The quantitative estimate of drug-likeness (QED) is 0.791. The molecule has 0 aliphatic carbocycles. The lowest BCUT2D eigenvalue weighted by Gasteiger charge is -2.18. The summed E-state index contributed by atoms with van der Waals surface area (Å²) >= 11 is 1.36. The monoisotopic (exact) mass is 333 g/mol. The topological polar surface area (TPSA) is 64.6 Å². The summed E-state index contributed by atoms with van der Waals surface area (Å²) in [6.45, 7) is 2.07. The number of hydrogen-bond acceptors (Lipinski definition) is 5. The molecule has 2 rings (SSSR count). The van der Waals surface area contributed by atoms with E-state index in [1.807, 2.05) is 23.6 Å². The Balaban J connectivity index is 2.16. The van der Waals surface area contributed by atoms with Crippen LogP contribution >= 0.6 is 11.3 Å². The first-order valence-electron chi connectivity index (χ1n) is 7.28. The molecule has 5 nitrogen and oxygen atoms in total. The second kappa shape index (κ2) is 8.33. The zero-order valence-corrected chi connectivity index (χ0v) is 13.9. The number of nitrogens with one attached hydrogen (secondary N) is 1. The van der Waals surface area contributed by atoms with Crippen LogP contribution in [0.1, 0.15) is 34.6 Å². The minimum Gasteiger partial charge on any atom is -0.497 e. The zero-order valence-electron chi connectivity index (χ0n) is 13.1. The Morgan fingerprint density at radius 1 is 1.22 bits per heavy atom. The third-order valence-electron chi connectivity index (χ3n) is 3.24. The van der Waals surface area contributed by atoms with E-state index in [9.17, 15) is 9.59 Å². The van der Waals surface area contributed by atoms with Gasteiger partial charge in [0.05, 0.1) is 31.1 Å². The Hall–Kier alpha value is -2.34. The molecular formula is C17H19NO4S. The Labute approximate surface area is 139 Å². The van der Waals surface area contributed by atoms with Crippen molar-refractivity contribution in [3.05, 3.63) is 52.2 Å². The van der Waals surface area contributed by atoms with Crippen LogP contribution < -0.4 is 10.1 Å². The third kappa shape index (κ3) is 4.82. The second-order valence-corrected chi connectivity index (χ2v) is 5.73. The molecule has 2 aromatic rings. The summed E-state index contributed by atoms with van der Waals surface area (Å²) in [5.74, 6) is 0.165. The molecule has 1 aromatic heterocycles. The molecule has 0 unspecified atom stereocenters. The fourth-order valence-corrected chi connectivity index (χ4v) is 2.74. The van der Waals surface area contributed by atoms with Crippen LogP contribution in [0, 0.1) is 0 Å². The van der Waals surface area contributed by atoms with Gasteiger partial charge in [0.15, 0.2) is 0 Å². The van der Waals surface area contributed by atoms with Crippen LogP contribution in [0.4, 0.5) is 0 Å². The molecule has 6 heteroatoms. The van der Waals surface area contributed by atoms with Crippen LogP contribution in [-0.2, 0) is 9.53 Å². The van der Waals surface area contributed by atoms with E-state index in [1.165, 1.54) is 11.3 Å². The number of carbonyl (C=O) groups is 2. The van der Waals surface area contributed by atoms with Gasteiger partial charge in [-0.15, -0.1) is 11.3 Å². The summed E-state index contributed by atoms with van der Waals surface area (Å²) in [6.07, 6.45) is 0.0806. The van der Waals surface area contributed by atoms with Crippen molar-refractivity contribution in [3.8, 4) is 5.75 Å². The summed E-state index contributed by atoms with van der Waals surface area (Å²) in [6, 6.07) is 10.4. The lowest BCUT2D eigenvalue weighted by atomic mass is 10.0. The highest BCUT2D eigenvalue weighted by Crippen LogP contribution is 2.22. The lowest BCUT2D eigenvalue weighted by Crippen LogP contribution is -2.30. The van der Waals surface area contributed by atoms with Crippen LogP contribution in [0.25, 0.3) is 0 Å². The van der Waals surface area contributed by atoms with Crippen LogP contribution in [-0.4, -0.2) is 25.6 Å². The molecule has 23 heavy (non-hydrogen) atoms. The molecule has 1 heterocycles. The van der Waals surface area contributed by atoms with Gasteiger partial charge >= 0.3 is 5.97 Å². The maximum Gasteiger partial charge on any atom is 0.308 e. The summed E-state index contributed by atoms with van der Waals surface area (Å²) in [5, 5.41) is 4.73. The third-order valence-corrected chi connectivity index (χ3v) is 4.11. The second-order valence-electron chi connectivity index (χ2n) is 4.79. The number of hydrogen-bond donors (Lipinski definition) is 1. The van der Waals surface area contributed by atoms with E-state index in [-0.39, 0.29) is 18.3 Å². The number of carbonyl (C=O) groups excluding carboxylic acids is 2. The summed E-state index contributed by atoms with van der Waals surface area (Å²) in [5.41, 5.74) is 0.823. The predicted molar refractivity (Wildman–Crippen MR) is 88.8 cm³/mol. The number of ether oxygens (including phenoxy) is 2. The van der Waals surface area contributed by atoms with Crippen molar-refractivity contribution in [2.75, 3.05) is 13.7 Å². The first kappa shape index (κ1) is 17.0. The zero-order chi connectivity index (χ0) is 16.7. The molecule has 0 aliphatic heterocycles. The predicted octanol–water partition coefficient (Wildman–Crippen LogP) is 3.18. The van der Waals surface area contributed by atoms with Gasteiger partial charge in [0, 0.05) is 0 Å². The molecule has 1 amide bonds. The van der Waals surface area contributed by atoms with Gasteiger partial charge < -0.3 is 14.8 Å². The molecule has 0 radical (unpaired) electrons. The van der Waals surface area contributed by atoms with Crippen LogP contribution in [0.3, 0.4) is 0 Å². The normalized spacial score (nSPS) is 11.6. The van der Waals surface area contributed by atoms with Gasteiger partial charge in [-0.2, -0.15) is 0 Å². The molecule has 122 valence electrons. The smallest absolute Gasteiger partial charge is 0.308 e. The fraction of sp³-hybridized carbons (Fsp3) is 0.294. The standard InChI is InChI=1S/C17H19NO4S/c1-3-22-16(19)11-14(12-6-8-13(21-2)9-7-12)18-17(20)15-5-4-10-23-15/h4-10,14H,3,11H2,1-2H3,(H,18,20)/t14-/m0/s1. The Kier molecular flexibility index (Phi) is 6.17. The van der Waals surface area contributed by atoms with Gasteiger partial charge in [-0.25, -0.2) is 0 Å². The number of esters is 1. The minimum atomic E-state index is -0.449. The number of methoxy groups -OCH3 is 1. The van der Waals surface area contributed by atoms with E-state index >= 15 is 0 Å². The molecule has 0 saturated carbocycles. The fourth-order valence-electron chi connectivity index (χ4n) is 2.11. The molecule has 1 N–H and O–H groups in total. The van der Waals surface area contributed by atoms with Crippen molar-refractivity contribution in [2.24, 2.45) is 0 Å². The highest BCUT2D eigenvalue weighted by atomic mass is 32.1. The van der Waals surface area contributed by atoms with Crippen molar-refractivity contribution in [1.29, 1.82) is 0 Å². The van der Waals surface area contributed by atoms with Gasteiger partial charge in [-0.1, -0.05) is 18.2 Å². The van der Waals surface area contributed by atoms with E-state index < -0.39 is 6.04 Å². The van der Waals surface area contributed by atoms with Gasteiger partial charge in [0.2, 0.25) is 0 Å². The Bertz CT molecular complexity index is 637. The number of thiophene rings is 1. The van der Waals surface area contributed by atoms with Gasteiger partial charge in [-0.05, 0) is 36.1 Å². The summed E-state index contributed by atoms with van der Waals surface area (Å²) in [7, 11) is 1.59. The molecule has 1 atom stereocenters. The molecule has 0 spiro atoms. The van der Waals surface area contributed by atoms with Crippen molar-refractivity contribution in [3.63, 3.8) is 0 Å². The highest BCUT2D eigenvalue weighted by molar-refractivity contribution is 7.12. The van der Waals surface area contributed by atoms with Crippen molar-refractivity contribution in [1.82, 2.24) is 5.32 Å². The van der Waals surface area contributed by atoms with Gasteiger partial charge in [0.1, 0.15) is 5.75 Å². The largest absolute Gasteiger partial charge is 0.497 e. The van der Waals surface area contributed by atoms with Crippen molar-refractivity contribution >= 4 is 23.2 Å². The van der Waals surface area contributed by atoms with E-state index in [1.54, 1.807) is 32.2 Å². The first-order chi connectivity index (χ1) is 11.1. The highest BCUT2D eigenvalue weighted by Gasteiger charge is 2.20. The molecule has 0 aliphatic rings. The van der Waals surface area contributed by atoms with Crippen LogP contribution in [0.5, 0.6) is 5.75 Å². The number of amides is 1. The molecular weight excluding hydrogens is 314 g/mol. The van der Waals surface area contributed by atoms with E-state index in [2.05, 4.69) is 5.32 Å². The van der Waals surface area contributed by atoms with Crippen molar-refractivity contribution in [2.45, 2.75) is 19.4 Å². The van der Waals surface area contributed by atoms with Crippen LogP contribution in [0.2, 0.25) is 0 Å². The number of rotatable bonds is 7. The summed E-state index contributed by atoms with van der Waals surface area (Å²) in [4.78, 5) is 24.7. The van der Waals surface area contributed by atoms with Gasteiger partial charge in [-0.3, -0.25) is 9.59 Å².